The minimum atomic E-state index is -4.70. The second-order valence-corrected chi connectivity index (χ2v) is 6.43. The van der Waals surface area contributed by atoms with Crippen molar-refractivity contribution in [3.63, 3.8) is 0 Å². The number of ketones is 2. The Kier molecular flexibility index (Phi) is 3.66. The summed E-state index contributed by atoms with van der Waals surface area (Å²) in [6.45, 7) is 0. The highest BCUT2D eigenvalue weighted by atomic mass is 32.2. The zero-order chi connectivity index (χ0) is 17.6. The van der Waals surface area contributed by atoms with Gasteiger partial charge in [0, 0.05) is 16.7 Å². The van der Waals surface area contributed by atoms with Gasteiger partial charge in [-0.15, -0.1) is 0 Å². The highest BCUT2D eigenvalue weighted by molar-refractivity contribution is 7.86. The molecular weight excluding hydrogens is 336 g/mol. The molecule has 1 aliphatic rings. The highest BCUT2D eigenvalue weighted by Crippen LogP contribution is 2.43. The molecule has 0 saturated heterocycles. The Labute approximate surface area is 137 Å². The molecule has 24 heavy (non-hydrogen) atoms. The van der Waals surface area contributed by atoms with E-state index in [9.17, 15) is 22.6 Å². The maximum absolute atomic E-state index is 12.8. The van der Waals surface area contributed by atoms with Crippen LogP contribution in [0.4, 0.5) is 0 Å². The molecule has 2 aromatic rings. The van der Waals surface area contributed by atoms with Gasteiger partial charge in [-0.25, -0.2) is 0 Å². The van der Waals surface area contributed by atoms with Crippen LogP contribution < -0.4 is 9.47 Å². The van der Waals surface area contributed by atoms with E-state index in [2.05, 4.69) is 0 Å². The molecule has 0 atom stereocenters. The summed E-state index contributed by atoms with van der Waals surface area (Å²) in [5.74, 6) is -1.57. The maximum atomic E-state index is 12.8. The minimum Gasteiger partial charge on any atom is -0.492 e. The van der Waals surface area contributed by atoms with Gasteiger partial charge >= 0.3 is 0 Å². The van der Waals surface area contributed by atoms with Crippen LogP contribution in [0.1, 0.15) is 31.8 Å². The molecule has 0 aromatic heterocycles. The van der Waals surface area contributed by atoms with Gasteiger partial charge in [0.15, 0.2) is 23.1 Å². The van der Waals surface area contributed by atoms with Crippen LogP contribution in [0.5, 0.6) is 11.5 Å². The number of fused-ring (bicyclic) bond motifs is 2. The normalized spacial score (nSPS) is 13.3. The first-order valence-corrected chi connectivity index (χ1v) is 8.20. The molecule has 0 fully saturated rings. The molecule has 0 saturated carbocycles. The van der Waals surface area contributed by atoms with Crippen molar-refractivity contribution in [2.45, 2.75) is 4.90 Å². The van der Waals surface area contributed by atoms with Crippen molar-refractivity contribution < 1.29 is 32.0 Å². The van der Waals surface area contributed by atoms with Crippen LogP contribution >= 0.6 is 0 Å². The Balaban J connectivity index is 2.45. The first kappa shape index (κ1) is 16.2. The first-order chi connectivity index (χ1) is 11.3. The number of ether oxygens (including phenoxy) is 2. The second-order valence-electron chi connectivity index (χ2n) is 5.04. The van der Waals surface area contributed by atoms with Gasteiger partial charge in [-0.2, -0.15) is 8.42 Å². The van der Waals surface area contributed by atoms with E-state index in [-0.39, 0.29) is 33.8 Å². The molecule has 3 rings (SSSR count). The standard InChI is InChI=1S/C16H12O7S/c1-22-15-11(24(19,20)21)7-10-12(16(15)23-2)14(18)9-6-4-3-5-8(9)13(10)17/h3-7H,1-2H3,(H,19,20,21). The van der Waals surface area contributed by atoms with Crippen LogP contribution in [0, 0.1) is 0 Å². The molecule has 0 heterocycles. The molecule has 0 spiro atoms. The number of rotatable bonds is 3. The van der Waals surface area contributed by atoms with Crippen LogP contribution in [-0.4, -0.2) is 38.8 Å². The van der Waals surface area contributed by atoms with Crippen molar-refractivity contribution in [3.8, 4) is 11.5 Å². The van der Waals surface area contributed by atoms with Crippen LogP contribution in [0.3, 0.4) is 0 Å². The van der Waals surface area contributed by atoms with E-state index in [0.717, 1.165) is 6.07 Å². The van der Waals surface area contributed by atoms with Gasteiger partial charge in [0.2, 0.25) is 0 Å². The van der Waals surface area contributed by atoms with Crippen LogP contribution in [0.25, 0.3) is 0 Å². The van der Waals surface area contributed by atoms with E-state index in [4.69, 9.17) is 9.47 Å². The van der Waals surface area contributed by atoms with Gasteiger partial charge in [0.1, 0.15) is 4.90 Å². The van der Waals surface area contributed by atoms with Gasteiger partial charge < -0.3 is 9.47 Å². The van der Waals surface area contributed by atoms with E-state index in [1.54, 1.807) is 12.1 Å². The topological polar surface area (TPSA) is 107 Å². The summed E-state index contributed by atoms with van der Waals surface area (Å²) in [5.41, 5.74) is 0.0906. The number of carbonyl (C=O) groups excluding carboxylic acids is 2. The van der Waals surface area contributed by atoms with E-state index in [0.29, 0.717) is 0 Å². The van der Waals surface area contributed by atoms with Crippen molar-refractivity contribution in [1.29, 1.82) is 0 Å². The summed E-state index contributed by atoms with van der Waals surface area (Å²) in [6.07, 6.45) is 0. The molecular formula is C16H12O7S. The predicted octanol–water partition coefficient (Wildman–Crippen LogP) is 1.73. The highest BCUT2D eigenvalue weighted by Gasteiger charge is 2.37. The molecule has 0 amide bonds. The predicted molar refractivity (Wildman–Crippen MR) is 82.7 cm³/mol. The number of carbonyl (C=O) groups is 2. The molecule has 1 aliphatic carbocycles. The Morgan fingerprint density at radius 2 is 1.42 bits per heavy atom. The smallest absolute Gasteiger partial charge is 0.298 e. The Hall–Kier alpha value is -2.71. The fourth-order valence-corrected chi connectivity index (χ4v) is 3.44. The van der Waals surface area contributed by atoms with E-state index < -0.39 is 26.6 Å². The van der Waals surface area contributed by atoms with Crippen molar-refractivity contribution in [3.05, 3.63) is 52.6 Å². The number of benzene rings is 2. The summed E-state index contributed by atoms with van der Waals surface area (Å²) in [7, 11) is -2.32. The number of methoxy groups -OCH3 is 2. The van der Waals surface area contributed by atoms with Gasteiger partial charge in [-0.1, -0.05) is 24.3 Å². The summed E-state index contributed by atoms with van der Waals surface area (Å²) in [5, 5.41) is 0. The van der Waals surface area contributed by atoms with Gasteiger partial charge in [0.05, 0.1) is 19.8 Å². The summed E-state index contributed by atoms with van der Waals surface area (Å²) < 4.78 is 42.8. The lowest BCUT2D eigenvalue weighted by atomic mass is 9.83. The van der Waals surface area contributed by atoms with E-state index >= 15 is 0 Å². The fourth-order valence-electron chi connectivity index (χ4n) is 2.76. The van der Waals surface area contributed by atoms with E-state index in [1.807, 2.05) is 0 Å². The third-order valence-corrected chi connectivity index (χ3v) is 4.64. The first-order valence-electron chi connectivity index (χ1n) is 6.76. The molecule has 8 heteroatoms. The molecule has 0 unspecified atom stereocenters. The zero-order valence-corrected chi connectivity index (χ0v) is 13.5. The Morgan fingerprint density at radius 3 is 1.92 bits per heavy atom. The van der Waals surface area contributed by atoms with Crippen molar-refractivity contribution >= 4 is 21.7 Å². The lowest BCUT2D eigenvalue weighted by Gasteiger charge is -2.22. The van der Waals surface area contributed by atoms with Crippen LogP contribution in [0.2, 0.25) is 0 Å². The van der Waals surface area contributed by atoms with Crippen molar-refractivity contribution in [2.75, 3.05) is 14.2 Å². The molecule has 124 valence electrons. The van der Waals surface area contributed by atoms with Gasteiger partial charge in [-0.3, -0.25) is 14.1 Å². The van der Waals surface area contributed by atoms with Gasteiger partial charge in [0.25, 0.3) is 10.1 Å². The largest absolute Gasteiger partial charge is 0.492 e. The Bertz CT molecular complexity index is 990. The monoisotopic (exact) mass is 348 g/mol. The molecule has 0 radical (unpaired) electrons. The second kappa shape index (κ2) is 5.43. The summed E-state index contributed by atoms with van der Waals surface area (Å²) in [4.78, 5) is 24.8. The minimum absolute atomic E-state index is 0.0922. The molecule has 7 nitrogen and oxygen atoms in total. The van der Waals surface area contributed by atoms with Crippen LogP contribution in [-0.2, 0) is 10.1 Å². The molecule has 0 bridgehead atoms. The Morgan fingerprint density at radius 1 is 0.875 bits per heavy atom. The van der Waals surface area contributed by atoms with Crippen LogP contribution in [0.15, 0.2) is 35.2 Å². The SMILES string of the molecule is COc1c(S(=O)(=O)O)cc2c(c1OC)C(=O)c1ccccc1C2=O. The number of hydrogen-bond acceptors (Lipinski definition) is 6. The quantitative estimate of drug-likeness (QED) is 0.718. The summed E-state index contributed by atoms with van der Waals surface area (Å²) >= 11 is 0. The van der Waals surface area contributed by atoms with Crippen molar-refractivity contribution in [2.24, 2.45) is 0 Å². The molecule has 1 N–H and O–H groups in total. The molecule has 2 aromatic carbocycles. The maximum Gasteiger partial charge on any atom is 0.298 e. The third kappa shape index (κ3) is 2.19. The number of hydrogen-bond donors (Lipinski definition) is 1. The lowest BCUT2D eigenvalue weighted by Crippen LogP contribution is -2.23. The van der Waals surface area contributed by atoms with Gasteiger partial charge in [-0.05, 0) is 6.07 Å². The fraction of sp³-hybridized carbons (Fsp3) is 0.125. The summed E-state index contributed by atoms with van der Waals surface area (Å²) in [6, 6.07) is 7.12. The molecule has 0 aliphatic heterocycles. The van der Waals surface area contributed by atoms with E-state index in [1.165, 1.54) is 26.4 Å². The average Bonchev–Trinajstić information content (AvgIpc) is 2.56. The zero-order valence-electron chi connectivity index (χ0n) is 12.7. The van der Waals surface area contributed by atoms with Crippen molar-refractivity contribution in [1.82, 2.24) is 0 Å². The lowest BCUT2D eigenvalue weighted by molar-refractivity contribution is 0.0975. The third-order valence-electron chi connectivity index (χ3n) is 3.78. The average molecular weight is 348 g/mol.